The minimum atomic E-state index is -0.290. The molecule has 0 unspecified atom stereocenters. The zero-order valence-electron chi connectivity index (χ0n) is 16.4. The minimum absolute atomic E-state index is 0.00455. The third kappa shape index (κ3) is 2.41. The molecule has 142 valence electrons. The van der Waals surface area contributed by atoms with Gasteiger partial charge in [-0.15, -0.1) is 0 Å². The van der Waals surface area contributed by atoms with Crippen LogP contribution < -0.4 is 0 Å². The van der Waals surface area contributed by atoms with Crippen LogP contribution in [-0.2, 0) is 4.79 Å². The lowest BCUT2D eigenvalue weighted by Crippen LogP contribution is -2.60. The molecule has 0 aromatic heterocycles. The fourth-order valence-corrected chi connectivity index (χ4v) is 8.39. The Morgan fingerprint density at radius 2 is 1.68 bits per heavy atom. The van der Waals surface area contributed by atoms with Crippen molar-refractivity contribution in [1.29, 1.82) is 0 Å². The summed E-state index contributed by atoms with van der Waals surface area (Å²) in [5.74, 6) is 2.84. The van der Waals surface area contributed by atoms with E-state index in [2.05, 4.69) is 20.8 Å². The Kier molecular flexibility index (Phi) is 4.16. The number of carbonyl (C=O) groups is 1. The molecule has 4 rings (SSSR count). The molecule has 2 N–H and O–H groups in total. The molecule has 4 saturated carbocycles. The van der Waals surface area contributed by atoms with E-state index in [-0.39, 0.29) is 29.0 Å². The van der Waals surface area contributed by atoms with Gasteiger partial charge in [0.05, 0.1) is 12.2 Å². The third-order valence-electron chi connectivity index (χ3n) is 9.43. The van der Waals surface area contributed by atoms with Crippen molar-refractivity contribution in [2.45, 2.75) is 84.8 Å². The van der Waals surface area contributed by atoms with Crippen LogP contribution >= 0.6 is 0 Å². The SMILES string of the molecule is CC(=O)[C@H]1CC[C@H]2[C@@H]3CC[C@H]4C[C@H](O)[C@@H](C)C[C@]4(C)[C@H]3[C@@H](O)C[C@]12C. The molecule has 3 nitrogen and oxygen atoms in total. The highest BCUT2D eigenvalue weighted by atomic mass is 16.3. The summed E-state index contributed by atoms with van der Waals surface area (Å²) in [4.78, 5) is 12.2. The maximum Gasteiger partial charge on any atom is 0.133 e. The summed E-state index contributed by atoms with van der Waals surface area (Å²) in [5.41, 5.74) is 0.145. The average Bonchev–Trinajstić information content (AvgIpc) is 2.85. The molecule has 0 amide bonds. The number of aliphatic hydroxyl groups is 2. The highest BCUT2D eigenvalue weighted by Gasteiger charge is 2.64. The number of Topliss-reactive ketones (excluding diaryl/α,β-unsaturated/α-hetero) is 1. The van der Waals surface area contributed by atoms with Gasteiger partial charge in [0, 0.05) is 5.92 Å². The van der Waals surface area contributed by atoms with Crippen LogP contribution in [-0.4, -0.2) is 28.2 Å². The lowest BCUT2D eigenvalue weighted by atomic mass is 9.43. The Hall–Kier alpha value is -0.410. The molecule has 0 aliphatic heterocycles. The molecule has 4 aliphatic carbocycles. The predicted molar refractivity (Wildman–Crippen MR) is 97.8 cm³/mol. The maximum atomic E-state index is 12.2. The van der Waals surface area contributed by atoms with Crippen molar-refractivity contribution in [2.24, 2.45) is 46.3 Å². The van der Waals surface area contributed by atoms with Gasteiger partial charge >= 0.3 is 0 Å². The van der Waals surface area contributed by atoms with Crippen LogP contribution in [0.2, 0.25) is 0 Å². The summed E-state index contributed by atoms with van der Waals surface area (Å²) in [5, 5.41) is 21.7. The van der Waals surface area contributed by atoms with Gasteiger partial charge in [0.2, 0.25) is 0 Å². The zero-order chi connectivity index (χ0) is 18.1. The Morgan fingerprint density at radius 3 is 2.36 bits per heavy atom. The number of aliphatic hydroxyl groups excluding tert-OH is 2. The highest BCUT2D eigenvalue weighted by Crippen LogP contribution is 2.67. The predicted octanol–water partition coefficient (Wildman–Crippen LogP) is 3.81. The monoisotopic (exact) mass is 348 g/mol. The van der Waals surface area contributed by atoms with Gasteiger partial charge in [-0.1, -0.05) is 20.8 Å². The van der Waals surface area contributed by atoms with Crippen LogP contribution in [0.3, 0.4) is 0 Å². The average molecular weight is 349 g/mol. The Labute approximate surface area is 152 Å². The van der Waals surface area contributed by atoms with E-state index >= 15 is 0 Å². The first-order chi connectivity index (χ1) is 11.7. The van der Waals surface area contributed by atoms with Crippen molar-refractivity contribution < 1.29 is 15.0 Å². The highest BCUT2D eigenvalue weighted by molar-refractivity contribution is 5.79. The van der Waals surface area contributed by atoms with Crippen molar-refractivity contribution in [2.75, 3.05) is 0 Å². The Balaban J connectivity index is 1.68. The van der Waals surface area contributed by atoms with E-state index in [1.807, 2.05) is 0 Å². The van der Waals surface area contributed by atoms with Gasteiger partial charge < -0.3 is 10.2 Å². The van der Waals surface area contributed by atoms with Crippen LogP contribution in [0.4, 0.5) is 0 Å². The van der Waals surface area contributed by atoms with Crippen molar-refractivity contribution in [3.05, 3.63) is 0 Å². The molecule has 10 atom stereocenters. The molecular weight excluding hydrogens is 312 g/mol. The zero-order valence-corrected chi connectivity index (χ0v) is 16.4. The smallest absolute Gasteiger partial charge is 0.133 e. The molecule has 0 spiro atoms. The van der Waals surface area contributed by atoms with E-state index < -0.39 is 0 Å². The van der Waals surface area contributed by atoms with Gasteiger partial charge in [-0.2, -0.15) is 0 Å². The quantitative estimate of drug-likeness (QED) is 0.757. The van der Waals surface area contributed by atoms with Crippen molar-refractivity contribution in [3.8, 4) is 0 Å². The van der Waals surface area contributed by atoms with Gasteiger partial charge in [-0.05, 0) is 92.3 Å². The van der Waals surface area contributed by atoms with E-state index in [1.54, 1.807) is 6.92 Å². The number of hydrogen-bond acceptors (Lipinski definition) is 3. The van der Waals surface area contributed by atoms with Gasteiger partial charge in [-0.3, -0.25) is 4.79 Å². The normalized spacial score (nSPS) is 58.2. The van der Waals surface area contributed by atoms with E-state index in [0.717, 1.165) is 32.1 Å². The first kappa shape index (κ1) is 18.0. The summed E-state index contributed by atoms with van der Waals surface area (Å²) in [6.07, 6.45) is 6.81. The molecule has 0 radical (unpaired) electrons. The molecule has 3 heteroatoms. The molecule has 4 aliphatic rings. The standard InChI is InChI=1S/C22H36O3/c1-12-10-21(3)14(9-18(12)24)5-6-15-17-8-7-16(13(2)23)22(17,4)11-19(25)20(15)21/h12,14-20,24-25H,5-11H2,1-4H3/t12-,14-,15-,16+,17-,18-,19-,20+,21-,22+/m0/s1. The van der Waals surface area contributed by atoms with Gasteiger partial charge in [0.15, 0.2) is 0 Å². The summed E-state index contributed by atoms with van der Waals surface area (Å²) < 4.78 is 0. The molecule has 4 fully saturated rings. The lowest BCUT2D eigenvalue weighted by molar-refractivity contribution is -0.186. The van der Waals surface area contributed by atoms with Gasteiger partial charge in [-0.25, -0.2) is 0 Å². The molecular formula is C22H36O3. The second-order valence-corrected chi connectivity index (χ2v) is 10.6. The molecule has 0 aromatic carbocycles. The van der Waals surface area contributed by atoms with Gasteiger partial charge in [0.1, 0.15) is 5.78 Å². The van der Waals surface area contributed by atoms with Crippen LogP contribution in [0, 0.1) is 46.3 Å². The summed E-state index contributed by atoms with van der Waals surface area (Å²) in [6, 6.07) is 0. The molecule has 0 bridgehead atoms. The molecule has 0 heterocycles. The lowest BCUT2D eigenvalue weighted by Gasteiger charge is -2.63. The number of ketones is 1. The van der Waals surface area contributed by atoms with Crippen molar-refractivity contribution in [1.82, 2.24) is 0 Å². The second kappa shape index (κ2) is 5.79. The topological polar surface area (TPSA) is 57.5 Å². The van der Waals surface area contributed by atoms with Crippen molar-refractivity contribution >= 4 is 5.78 Å². The molecule has 0 saturated heterocycles. The second-order valence-electron chi connectivity index (χ2n) is 10.6. The first-order valence-electron chi connectivity index (χ1n) is 10.5. The minimum Gasteiger partial charge on any atom is -0.393 e. The number of carbonyl (C=O) groups excluding carboxylic acids is 1. The third-order valence-corrected chi connectivity index (χ3v) is 9.43. The van der Waals surface area contributed by atoms with Crippen LogP contribution in [0.25, 0.3) is 0 Å². The van der Waals surface area contributed by atoms with E-state index in [1.165, 1.54) is 12.8 Å². The summed E-state index contributed by atoms with van der Waals surface area (Å²) in [6.45, 7) is 8.62. The van der Waals surface area contributed by atoms with E-state index in [0.29, 0.717) is 35.4 Å². The number of hydrogen-bond donors (Lipinski definition) is 2. The number of fused-ring (bicyclic) bond motifs is 5. The summed E-state index contributed by atoms with van der Waals surface area (Å²) >= 11 is 0. The van der Waals surface area contributed by atoms with Crippen molar-refractivity contribution in [3.63, 3.8) is 0 Å². The summed E-state index contributed by atoms with van der Waals surface area (Å²) in [7, 11) is 0. The largest absolute Gasteiger partial charge is 0.393 e. The Bertz CT molecular complexity index is 559. The molecule has 25 heavy (non-hydrogen) atoms. The number of rotatable bonds is 1. The van der Waals surface area contributed by atoms with E-state index in [4.69, 9.17) is 0 Å². The van der Waals surface area contributed by atoms with Gasteiger partial charge in [0.25, 0.3) is 0 Å². The first-order valence-corrected chi connectivity index (χ1v) is 10.5. The fourth-order valence-electron chi connectivity index (χ4n) is 8.39. The fraction of sp³-hybridized carbons (Fsp3) is 0.955. The van der Waals surface area contributed by atoms with Crippen LogP contribution in [0.15, 0.2) is 0 Å². The Morgan fingerprint density at radius 1 is 0.960 bits per heavy atom. The van der Waals surface area contributed by atoms with E-state index in [9.17, 15) is 15.0 Å². The molecule has 0 aromatic rings. The van der Waals surface area contributed by atoms with Crippen LogP contribution in [0.1, 0.15) is 72.6 Å². The van der Waals surface area contributed by atoms with Crippen LogP contribution in [0.5, 0.6) is 0 Å². The maximum absolute atomic E-state index is 12.2.